The summed E-state index contributed by atoms with van der Waals surface area (Å²) in [6, 6.07) is 2.77. The second-order valence-electron chi connectivity index (χ2n) is 4.40. The number of aliphatic hydroxyl groups is 4. The molecule has 0 aliphatic rings. The van der Waals surface area contributed by atoms with E-state index in [-0.39, 0.29) is 11.4 Å². The molecule has 0 bridgehead atoms. The van der Waals surface area contributed by atoms with Gasteiger partial charge in [-0.25, -0.2) is 0 Å². The van der Waals surface area contributed by atoms with E-state index in [2.05, 4.69) is 21.2 Å². The van der Waals surface area contributed by atoms with Crippen molar-refractivity contribution in [3.8, 4) is 0 Å². The SMILES string of the molecule is CCc1cc([N+](=O)[O-])c(NC(O)C(O)C(O)CO)cc1Br. The van der Waals surface area contributed by atoms with Crippen LogP contribution in [0.2, 0.25) is 0 Å². The predicted molar refractivity (Wildman–Crippen MR) is 78.9 cm³/mol. The van der Waals surface area contributed by atoms with Gasteiger partial charge in [-0.2, -0.15) is 0 Å². The summed E-state index contributed by atoms with van der Waals surface area (Å²) in [6.45, 7) is 1.09. The molecule has 0 saturated heterocycles. The van der Waals surface area contributed by atoms with Gasteiger partial charge in [0.15, 0.2) is 6.23 Å². The molecule has 1 aromatic carbocycles. The van der Waals surface area contributed by atoms with Crippen molar-refractivity contribution in [3.05, 3.63) is 32.3 Å². The minimum Gasteiger partial charge on any atom is -0.394 e. The smallest absolute Gasteiger partial charge is 0.292 e. The lowest BCUT2D eigenvalue weighted by atomic mass is 10.1. The van der Waals surface area contributed by atoms with Gasteiger partial charge >= 0.3 is 0 Å². The molecular formula is C12H17BrN2O6. The highest BCUT2D eigenvalue weighted by atomic mass is 79.9. The van der Waals surface area contributed by atoms with E-state index in [0.717, 1.165) is 5.56 Å². The molecule has 0 fully saturated rings. The number of rotatable bonds is 7. The van der Waals surface area contributed by atoms with Crippen LogP contribution in [0.4, 0.5) is 11.4 Å². The molecule has 3 atom stereocenters. The number of nitrogens with zero attached hydrogens (tertiary/aromatic N) is 1. The van der Waals surface area contributed by atoms with Gasteiger partial charge in [0, 0.05) is 10.5 Å². The zero-order chi connectivity index (χ0) is 16.2. The molecule has 1 aromatic rings. The van der Waals surface area contributed by atoms with Gasteiger partial charge in [0.1, 0.15) is 17.9 Å². The van der Waals surface area contributed by atoms with Gasteiger partial charge in [0.05, 0.1) is 11.5 Å². The van der Waals surface area contributed by atoms with E-state index in [1.807, 2.05) is 6.92 Å². The van der Waals surface area contributed by atoms with Crippen LogP contribution in [0.3, 0.4) is 0 Å². The molecule has 0 spiro atoms. The summed E-state index contributed by atoms with van der Waals surface area (Å²) in [6.07, 6.45) is -4.36. The van der Waals surface area contributed by atoms with E-state index in [1.165, 1.54) is 12.1 Å². The van der Waals surface area contributed by atoms with Gasteiger partial charge in [-0.15, -0.1) is 0 Å². The van der Waals surface area contributed by atoms with Crippen LogP contribution >= 0.6 is 15.9 Å². The van der Waals surface area contributed by atoms with Crippen molar-refractivity contribution in [3.63, 3.8) is 0 Å². The Balaban J connectivity index is 3.07. The zero-order valence-corrected chi connectivity index (χ0v) is 12.8. The Kier molecular flexibility index (Phi) is 6.49. The third-order valence-corrected chi connectivity index (χ3v) is 3.69. The summed E-state index contributed by atoms with van der Waals surface area (Å²) in [4.78, 5) is 10.4. The minimum atomic E-state index is -1.70. The van der Waals surface area contributed by atoms with Gasteiger partial charge in [-0.05, 0) is 18.1 Å². The fourth-order valence-corrected chi connectivity index (χ4v) is 2.33. The molecule has 0 radical (unpaired) electrons. The highest BCUT2D eigenvalue weighted by Crippen LogP contribution is 2.32. The minimum absolute atomic E-state index is 0.0132. The number of benzene rings is 1. The standard InChI is InChI=1S/C12H17BrN2O6/c1-2-6-3-9(15(20)21)8(4-7(6)13)14-12(19)11(18)10(17)5-16/h3-4,10-12,14,16-19H,2,5H2,1H3. The van der Waals surface area contributed by atoms with Crippen LogP contribution in [0.25, 0.3) is 0 Å². The van der Waals surface area contributed by atoms with E-state index in [1.54, 1.807) is 0 Å². The van der Waals surface area contributed by atoms with Crippen molar-refractivity contribution in [1.29, 1.82) is 0 Å². The number of hydrogen-bond donors (Lipinski definition) is 5. The fourth-order valence-electron chi connectivity index (χ4n) is 1.71. The maximum absolute atomic E-state index is 11.1. The lowest BCUT2D eigenvalue weighted by Gasteiger charge is -2.23. The Morgan fingerprint density at radius 3 is 2.48 bits per heavy atom. The van der Waals surface area contributed by atoms with E-state index in [9.17, 15) is 25.4 Å². The predicted octanol–water partition coefficient (Wildman–Crippen LogP) is 0.364. The Hall–Kier alpha value is -1.26. The number of hydrogen-bond acceptors (Lipinski definition) is 7. The highest BCUT2D eigenvalue weighted by Gasteiger charge is 2.26. The van der Waals surface area contributed by atoms with Crippen molar-refractivity contribution in [2.45, 2.75) is 31.8 Å². The van der Waals surface area contributed by atoms with E-state index in [4.69, 9.17) is 5.11 Å². The van der Waals surface area contributed by atoms with E-state index >= 15 is 0 Å². The van der Waals surface area contributed by atoms with Crippen LogP contribution in [0.5, 0.6) is 0 Å². The van der Waals surface area contributed by atoms with Crippen molar-refractivity contribution in [1.82, 2.24) is 0 Å². The molecule has 1 rings (SSSR count). The zero-order valence-electron chi connectivity index (χ0n) is 11.2. The van der Waals surface area contributed by atoms with Crippen molar-refractivity contribution in [2.75, 3.05) is 11.9 Å². The third-order valence-electron chi connectivity index (χ3n) is 2.95. The molecule has 0 aliphatic carbocycles. The lowest BCUT2D eigenvalue weighted by molar-refractivity contribution is -0.384. The second-order valence-corrected chi connectivity index (χ2v) is 5.26. The van der Waals surface area contributed by atoms with Crippen LogP contribution in [0.1, 0.15) is 12.5 Å². The number of anilines is 1. The Bertz CT molecular complexity index is 513. The highest BCUT2D eigenvalue weighted by molar-refractivity contribution is 9.10. The molecule has 0 aromatic heterocycles. The van der Waals surface area contributed by atoms with Gasteiger partial charge < -0.3 is 25.7 Å². The average molecular weight is 365 g/mol. The topological polar surface area (TPSA) is 136 Å². The first kappa shape index (κ1) is 17.8. The summed E-state index contributed by atoms with van der Waals surface area (Å²) in [5, 5.41) is 50.6. The molecule has 21 heavy (non-hydrogen) atoms. The Morgan fingerprint density at radius 2 is 2.00 bits per heavy atom. The maximum Gasteiger partial charge on any atom is 0.292 e. The third kappa shape index (κ3) is 4.35. The molecule has 8 nitrogen and oxygen atoms in total. The lowest BCUT2D eigenvalue weighted by Crippen LogP contribution is -2.43. The average Bonchev–Trinajstić information content (AvgIpc) is 2.45. The van der Waals surface area contributed by atoms with Gasteiger partial charge in [-0.1, -0.05) is 22.9 Å². The van der Waals surface area contributed by atoms with Crippen molar-refractivity contribution >= 4 is 27.3 Å². The van der Waals surface area contributed by atoms with Crippen LogP contribution in [-0.4, -0.2) is 50.4 Å². The van der Waals surface area contributed by atoms with Gasteiger partial charge in [-0.3, -0.25) is 10.1 Å². The number of nitrogens with one attached hydrogen (secondary N) is 1. The first-order valence-electron chi connectivity index (χ1n) is 6.20. The van der Waals surface area contributed by atoms with Crippen molar-refractivity contribution < 1.29 is 25.3 Å². The number of halogens is 1. The summed E-state index contributed by atoms with van der Waals surface area (Å²) < 4.78 is 0.613. The van der Waals surface area contributed by atoms with Gasteiger partial charge in [0.25, 0.3) is 5.69 Å². The quantitative estimate of drug-likeness (QED) is 0.267. The van der Waals surface area contributed by atoms with Crippen LogP contribution in [-0.2, 0) is 6.42 Å². The first-order chi connectivity index (χ1) is 9.81. The molecule has 5 N–H and O–H groups in total. The normalized spacial score (nSPS) is 15.3. The summed E-state index contributed by atoms with van der Waals surface area (Å²) in [5.74, 6) is 0. The second kappa shape index (κ2) is 7.66. The largest absolute Gasteiger partial charge is 0.394 e. The number of nitro benzene ring substituents is 1. The number of aliphatic hydroxyl groups excluding tert-OH is 4. The molecule has 118 valence electrons. The van der Waals surface area contributed by atoms with Crippen molar-refractivity contribution in [2.24, 2.45) is 0 Å². The molecule has 0 aliphatic heterocycles. The molecule has 0 amide bonds. The number of nitro groups is 1. The summed E-state index contributed by atoms with van der Waals surface area (Å²) in [7, 11) is 0. The monoisotopic (exact) mass is 364 g/mol. The van der Waals surface area contributed by atoms with E-state index < -0.39 is 30.0 Å². The van der Waals surface area contributed by atoms with Gasteiger partial charge in [0.2, 0.25) is 0 Å². The van der Waals surface area contributed by atoms with E-state index in [0.29, 0.717) is 10.9 Å². The maximum atomic E-state index is 11.1. The Labute approximate surface area is 129 Å². The molecule has 3 unspecified atom stereocenters. The summed E-state index contributed by atoms with van der Waals surface area (Å²) in [5.41, 5.74) is 0.443. The molecular weight excluding hydrogens is 348 g/mol. The first-order valence-corrected chi connectivity index (χ1v) is 6.99. The molecule has 0 saturated carbocycles. The van der Waals surface area contributed by atoms with Crippen LogP contribution in [0, 0.1) is 10.1 Å². The van der Waals surface area contributed by atoms with Crippen LogP contribution in [0.15, 0.2) is 16.6 Å². The fraction of sp³-hybridized carbons (Fsp3) is 0.500. The molecule has 0 heterocycles. The number of aryl methyl sites for hydroxylation is 1. The summed E-state index contributed by atoms with van der Waals surface area (Å²) >= 11 is 3.26. The molecule has 9 heteroatoms. The van der Waals surface area contributed by atoms with Crippen LogP contribution < -0.4 is 5.32 Å². The Morgan fingerprint density at radius 1 is 1.38 bits per heavy atom.